The Balaban J connectivity index is 2.37. The fourth-order valence-corrected chi connectivity index (χ4v) is 2.72. The van der Waals surface area contributed by atoms with Crippen LogP contribution in [0.4, 0.5) is 10.1 Å². The molecule has 8 nitrogen and oxygen atoms in total. The highest BCUT2D eigenvalue weighted by Crippen LogP contribution is 2.25. The fourth-order valence-electron chi connectivity index (χ4n) is 2.37. The van der Waals surface area contributed by atoms with E-state index >= 15 is 0 Å². The molecule has 1 heterocycles. The molecule has 0 aliphatic carbocycles. The van der Waals surface area contributed by atoms with Gasteiger partial charge in [0.1, 0.15) is 17.6 Å². The second-order valence-corrected chi connectivity index (χ2v) is 5.76. The van der Waals surface area contributed by atoms with Gasteiger partial charge >= 0.3 is 0 Å². The quantitative estimate of drug-likeness (QED) is 0.411. The van der Waals surface area contributed by atoms with Crippen LogP contribution in [0.25, 0.3) is 0 Å². The number of benzene rings is 1. The number of carbonyl (C=O) groups is 2. The molecule has 1 aromatic heterocycles. The molecule has 0 bridgehead atoms. The molecule has 10 heteroatoms. The minimum atomic E-state index is -0.708. The Kier molecular flexibility index (Phi) is 6.15. The molecule has 0 atom stereocenters. The van der Waals surface area contributed by atoms with Crippen LogP contribution < -0.4 is 10.6 Å². The normalized spacial score (nSPS) is 11.0. The number of oxime groups is 1. The summed E-state index contributed by atoms with van der Waals surface area (Å²) in [7, 11) is 1.52. The van der Waals surface area contributed by atoms with E-state index in [9.17, 15) is 14.0 Å². The molecule has 140 valence electrons. The number of hydrogen-bond donors (Lipinski definition) is 3. The molecule has 0 aliphatic rings. The first-order valence-electron chi connectivity index (χ1n) is 7.70. The maximum absolute atomic E-state index is 13.4. The van der Waals surface area contributed by atoms with Crippen LogP contribution in [0.3, 0.4) is 0 Å². The molecule has 3 N–H and O–H groups in total. The van der Waals surface area contributed by atoms with Crippen molar-refractivity contribution in [3.8, 4) is 6.07 Å². The zero-order valence-electron chi connectivity index (χ0n) is 14.4. The standard InChI is InChI=1S/C17H15ClFN5O3/c1-3-21-16(25)14(23-27)11-8-24(2)15(13(11)18)17(26)22-10-4-5-12(19)9(6-10)7-20/h4-6,8,27H,3H2,1-2H3,(H,21,25)(H,22,26)/b23-14-. The van der Waals surface area contributed by atoms with Crippen LogP contribution in [-0.2, 0) is 11.8 Å². The third kappa shape index (κ3) is 4.07. The lowest BCUT2D eigenvalue weighted by atomic mass is 10.1. The summed E-state index contributed by atoms with van der Waals surface area (Å²) in [4.78, 5) is 24.5. The van der Waals surface area contributed by atoms with Crippen LogP contribution >= 0.6 is 11.6 Å². The van der Waals surface area contributed by atoms with E-state index in [0.717, 1.165) is 6.07 Å². The number of anilines is 1. The third-order valence-electron chi connectivity index (χ3n) is 3.59. The topological polar surface area (TPSA) is 120 Å². The number of nitrogens with zero attached hydrogens (tertiary/aromatic N) is 3. The van der Waals surface area contributed by atoms with E-state index in [1.165, 1.54) is 29.9 Å². The van der Waals surface area contributed by atoms with E-state index in [0.29, 0.717) is 6.54 Å². The largest absolute Gasteiger partial charge is 0.410 e. The van der Waals surface area contributed by atoms with Crippen molar-refractivity contribution in [2.75, 3.05) is 11.9 Å². The Bertz CT molecular complexity index is 978. The second-order valence-electron chi connectivity index (χ2n) is 5.38. The number of aromatic nitrogens is 1. The highest BCUT2D eigenvalue weighted by Gasteiger charge is 2.25. The molecule has 2 rings (SSSR count). The first-order valence-corrected chi connectivity index (χ1v) is 8.08. The van der Waals surface area contributed by atoms with Gasteiger partial charge in [-0.15, -0.1) is 0 Å². The number of likely N-dealkylation sites (N-methyl/N-ethyl adjacent to an activating group) is 1. The van der Waals surface area contributed by atoms with Crippen LogP contribution in [0.15, 0.2) is 29.6 Å². The summed E-state index contributed by atoms with van der Waals surface area (Å²) in [5.74, 6) is -2.02. The Hall–Kier alpha value is -3.38. The molecule has 2 amide bonds. The van der Waals surface area contributed by atoms with E-state index in [2.05, 4.69) is 15.8 Å². The van der Waals surface area contributed by atoms with E-state index in [1.54, 1.807) is 13.0 Å². The summed E-state index contributed by atoms with van der Waals surface area (Å²) in [6, 6.07) is 5.20. The lowest BCUT2D eigenvalue weighted by Gasteiger charge is -2.07. The van der Waals surface area contributed by atoms with E-state index in [1.807, 2.05) is 0 Å². The van der Waals surface area contributed by atoms with Crippen molar-refractivity contribution in [3.63, 3.8) is 0 Å². The predicted molar refractivity (Wildman–Crippen MR) is 96.5 cm³/mol. The summed E-state index contributed by atoms with van der Waals surface area (Å²) >= 11 is 6.23. The number of amides is 2. The van der Waals surface area contributed by atoms with Gasteiger partial charge in [-0.3, -0.25) is 9.59 Å². The van der Waals surface area contributed by atoms with Gasteiger partial charge in [0, 0.05) is 31.0 Å². The monoisotopic (exact) mass is 391 g/mol. The van der Waals surface area contributed by atoms with Crippen molar-refractivity contribution in [3.05, 3.63) is 52.1 Å². The van der Waals surface area contributed by atoms with Crippen molar-refractivity contribution in [2.45, 2.75) is 6.92 Å². The van der Waals surface area contributed by atoms with Crippen molar-refractivity contribution in [1.29, 1.82) is 5.26 Å². The third-order valence-corrected chi connectivity index (χ3v) is 3.97. The van der Waals surface area contributed by atoms with Gasteiger partial charge in [0.05, 0.1) is 10.6 Å². The van der Waals surface area contributed by atoms with Crippen LogP contribution in [0.1, 0.15) is 28.5 Å². The Morgan fingerprint density at radius 1 is 1.44 bits per heavy atom. The molecule has 0 aliphatic heterocycles. The van der Waals surface area contributed by atoms with Crippen LogP contribution in [0.2, 0.25) is 5.02 Å². The zero-order chi connectivity index (χ0) is 20.1. The second kappa shape index (κ2) is 8.33. The number of halogens is 2. The van der Waals surface area contributed by atoms with Crippen molar-refractivity contribution in [1.82, 2.24) is 9.88 Å². The zero-order valence-corrected chi connectivity index (χ0v) is 15.1. The summed E-state index contributed by atoms with van der Waals surface area (Å²) in [5, 5.41) is 25.9. The molecule has 0 radical (unpaired) electrons. The highest BCUT2D eigenvalue weighted by molar-refractivity contribution is 6.49. The van der Waals surface area contributed by atoms with Gasteiger partial charge in [0.2, 0.25) is 0 Å². The average molecular weight is 392 g/mol. The van der Waals surface area contributed by atoms with E-state index < -0.39 is 17.6 Å². The number of rotatable bonds is 5. The predicted octanol–water partition coefficient (Wildman–Crippen LogP) is 2.26. The molecule has 0 spiro atoms. The highest BCUT2D eigenvalue weighted by atomic mass is 35.5. The van der Waals surface area contributed by atoms with Gasteiger partial charge in [0.25, 0.3) is 11.8 Å². The number of carbonyl (C=O) groups excluding carboxylic acids is 2. The number of hydrogen-bond acceptors (Lipinski definition) is 5. The minimum Gasteiger partial charge on any atom is -0.410 e. The average Bonchev–Trinajstić information content (AvgIpc) is 2.92. The van der Waals surface area contributed by atoms with Gasteiger partial charge < -0.3 is 20.4 Å². The van der Waals surface area contributed by atoms with Gasteiger partial charge in [-0.1, -0.05) is 16.8 Å². The van der Waals surface area contributed by atoms with Gasteiger partial charge in [-0.25, -0.2) is 4.39 Å². The summed E-state index contributed by atoms with van der Waals surface area (Å²) in [5.41, 5.74) is -0.325. The van der Waals surface area contributed by atoms with E-state index in [4.69, 9.17) is 22.1 Å². The molecular formula is C17H15ClFN5O3. The fraction of sp³-hybridized carbons (Fsp3) is 0.176. The summed E-state index contributed by atoms with van der Waals surface area (Å²) < 4.78 is 14.7. The lowest BCUT2D eigenvalue weighted by Crippen LogP contribution is -2.31. The van der Waals surface area contributed by atoms with Crippen molar-refractivity contribution in [2.24, 2.45) is 12.2 Å². The van der Waals surface area contributed by atoms with Gasteiger partial charge in [-0.2, -0.15) is 5.26 Å². The first kappa shape index (κ1) is 19.9. The molecule has 2 aromatic rings. The maximum atomic E-state index is 13.4. The molecule has 1 aromatic carbocycles. The van der Waals surface area contributed by atoms with Crippen molar-refractivity contribution < 1.29 is 19.2 Å². The minimum absolute atomic E-state index is 0.0139. The number of nitriles is 1. The summed E-state index contributed by atoms with van der Waals surface area (Å²) in [6.07, 6.45) is 1.37. The molecular weight excluding hydrogens is 377 g/mol. The Morgan fingerprint density at radius 3 is 2.74 bits per heavy atom. The first-order chi connectivity index (χ1) is 12.8. The molecule has 0 saturated carbocycles. The smallest absolute Gasteiger partial charge is 0.274 e. The summed E-state index contributed by atoms with van der Waals surface area (Å²) in [6.45, 7) is 2.00. The SMILES string of the molecule is CCNC(=O)/C(=N\O)c1cn(C)c(C(=O)Nc2ccc(F)c(C#N)c2)c1Cl. The maximum Gasteiger partial charge on any atom is 0.274 e. The molecule has 0 fully saturated rings. The van der Waals surface area contributed by atoms with Crippen molar-refractivity contribution >= 4 is 34.8 Å². The number of aryl methyl sites for hydroxylation is 1. The van der Waals surface area contributed by atoms with Gasteiger partial charge in [-0.05, 0) is 25.1 Å². The van der Waals surface area contributed by atoms with Crippen LogP contribution in [-0.4, -0.2) is 33.8 Å². The molecule has 0 saturated heterocycles. The Labute approximate surface area is 158 Å². The van der Waals surface area contributed by atoms with Gasteiger partial charge in [0.15, 0.2) is 5.71 Å². The number of nitrogens with one attached hydrogen (secondary N) is 2. The molecule has 27 heavy (non-hydrogen) atoms. The van der Waals surface area contributed by atoms with Crippen LogP contribution in [0, 0.1) is 17.1 Å². The molecule has 0 unspecified atom stereocenters. The Morgan fingerprint density at radius 2 is 2.15 bits per heavy atom. The van der Waals surface area contributed by atoms with Crippen LogP contribution in [0.5, 0.6) is 0 Å². The van der Waals surface area contributed by atoms with E-state index in [-0.39, 0.29) is 33.2 Å². The lowest BCUT2D eigenvalue weighted by molar-refractivity contribution is -0.114.